The Morgan fingerprint density at radius 3 is 2.88 bits per heavy atom. The van der Waals surface area contributed by atoms with E-state index in [2.05, 4.69) is 17.6 Å². The molecule has 1 aromatic heterocycles. The van der Waals surface area contributed by atoms with Gasteiger partial charge in [0.25, 0.3) is 0 Å². The lowest BCUT2D eigenvalue weighted by Crippen LogP contribution is -2.18. The summed E-state index contributed by atoms with van der Waals surface area (Å²) in [6, 6.07) is 5.36. The normalized spacial score (nSPS) is 15.1. The van der Waals surface area contributed by atoms with Crippen LogP contribution in [-0.2, 0) is 0 Å². The molecule has 6 heteroatoms. The topological polar surface area (TPSA) is 53.4 Å². The van der Waals surface area contributed by atoms with Crippen LogP contribution in [0.5, 0.6) is 0 Å². The zero-order valence-electron chi connectivity index (χ0n) is 8.88. The van der Waals surface area contributed by atoms with Crippen LogP contribution in [0.1, 0.15) is 18.1 Å². The van der Waals surface area contributed by atoms with Gasteiger partial charge in [-0.3, -0.25) is 0 Å². The Hall–Kier alpha value is -0.330. The van der Waals surface area contributed by atoms with Crippen molar-refractivity contribution in [2.24, 2.45) is 0 Å². The highest BCUT2D eigenvalue weighted by atomic mass is 35.5. The number of fused-ring (bicyclic) bond motifs is 1. The van der Waals surface area contributed by atoms with Gasteiger partial charge in [0.05, 0.1) is 16.3 Å². The summed E-state index contributed by atoms with van der Waals surface area (Å²) in [4.78, 5) is 4.12. The standard InChI is InChI=1S/C11H12ClNO2S2/c12-11-13-7-2-1-6(5-9(7)17-11)10(15)8(14)3-4-16/h1-2,5,8,10,14-16H,3-4H2. The Labute approximate surface area is 113 Å². The molecule has 17 heavy (non-hydrogen) atoms. The third-order valence-electron chi connectivity index (χ3n) is 2.52. The Kier molecular flexibility index (Phi) is 4.27. The van der Waals surface area contributed by atoms with Crippen LogP contribution in [0.25, 0.3) is 10.2 Å². The Balaban J connectivity index is 2.28. The second kappa shape index (κ2) is 5.54. The van der Waals surface area contributed by atoms with Crippen molar-refractivity contribution in [3.8, 4) is 0 Å². The Morgan fingerprint density at radius 2 is 2.18 bits per heavy atom. The highest BCUT2D eigenvalue weighted by molar-refractivity contribution is 7.80. The second-order valence-electron chi connectivity index (χ2n) is 3.72. The molecule has 0 amide bonds. The number of thiazole rings is 1. The molecule has 0 saturated heterocycles. The molecular weight excluding hydrogens is 278 g/mol. The maximum absolute atomic E-state index is 9.95. The number of hydrogen-bond donors (Lipinski definition) is 3. The molecular formula is C11H12ClNO2S2. The van der Waals surface area contributed by atoms with E-state index in [4.69, 9.17) is 11.6 Å². The van der Waals surface area contributed by atoms with E-state index in [1.54, 1.807) is 12.1 Å². The molecule has 0 bridgehead atoms. The third-order valence-corrected chi connectivity index (χ3v) is 3.90. The van der Waals surface area contributed by atoms with Gasteiger partial charge in [0.15, 0.2) is 4.47 Å². The van der Waals surface area contributed by atoms with E-state index >= 15 is 0 Å². The second-order valence-corrected chi connectivity index (χ2v) is 5.78. The molecule has 2 atom stereocenters. The molecule has 0 fully saturated rings. The summed E-state index contributed by atoms with van der Waals surface area (Å²) in [5.41, 5.74) is 1.48. The fourth-order valence-corrected chi connectivity index (χ4v) is 2.95. The van der Waals surface area contributed by atoms with Crippen LogP contribution in [0.15, 0.2) is 18.2 Å². The lowest BCUT2D eigenvalue weighted by atomic mass is 10.0. The van der Waals surface area contributed by atoms with Gasteiger partial charge in [0, 0.05) is 0 Å². The lowest BCUT2D eigenvalue weighted by Gasteiger charge is -2.17. The van der Waals surface area contributed by atoms with Crippen molar-refractivity contribution in [1.82, 2.24) is 4.98 Å². The van der Waals surface area contributed by atoms with E-state index in [-0.39, 0.29) is 0 Å². The summed E-state index contributed by atoms with van der Waals surface area (Å²) in [6.45, 7) is 0. The first-order valence-corrected chi connectivity index (χ1v) is 6.97. The van der Waals surface area contributed by atoms with Crippen LogP contribution < -0.4 is 0 Å². The minimum atomic E-state index is -0.896. The zero-order chi connectivity index (χ0) is 12.4. The van der Waals surface area contributed by atoms with Crippen LogP contribution in [0.3, 0.4) is 0 Å². The number of aromatic nitrogens is 1. The third kappa shape index (κ3) is 2.92. The highest BCUT2D eigenvalue weighted by Crippen LogP contribution is 2.29. The molecule has 0 aliphatic rings. The lowest BCUT2D eigenvalue weighted by molar-refractivity contribution is 0.0173. The first kappa shape index (κ1) is 13.1. The SMILES string of the molecule is OC(CCS)C(O)c1ccc2nc(Cl)sc2c1. The largest absolute Gasteiger partial charge is 0.390 e. The van der Waals surface area contributed by atoms with Gasteiger partial charge in [-0.1, -0.05) is 17.7 Å². The molecule has 0 radical (unpaired) electrons. The van der Waals surface area contributed by atoms with Gasteiger partial charge in [-0.15, -0.1) is 11.3 Å². The molecule has 0 aliphatic carbocycles. The highest BCUT2D eigenvalue weighted by Gasteiger charge is 2.18. The van der Waals surface area contributed by atoms with E-state index in [0.29, 0.717) is 22.2 Å². The monoisotopic (exact) mass is 289 g/mol. The molecule has 2 rings (SSSR count). The number of thiol groups is 1. The van der Waals surface area contributed by atoms with Gasteiger partial charge in [-0.25, -0.2) is 4.98 Å². The molecule has 0 saturated carbocycles. The van der Waals surface area contributed by atoms with E-state index in [0.717, 1.165) is 10.2 Å². The van der Waals surface area contributed by atoms with Crippen molar-refractivity contribution in [3.05, 3.63) is 28.2 Å². The number of aliphatic hydroxyl groups is 2. The van der Waals surface area contributed by atoms with Gasteiger partial charge in [-0.05, 0) is 29.9 Å². The van der Waals surface area contributed by atoms with Gasteiger partial charge in [-0.2, -0.15) is 12.6 Å². The summed E-state index contributed by atoms with van der Waals surface area (Å²) < 4.78 is 1.38. The predicted molar refractivity (Wildman–Crippen MR) is 74.1 cm³/mol. The van der Waals surface area contributed by atoms with Crippen molar-refractivity contribution in [1.29, 1.82) is 0 Å². The molecule has 2 unspecified atom stereocenters. The van der Waals surface area contributed by atoms with Crippen LogP contribution in [0, 0.1) is 0 Å². The summed E-state index contributed by atoms with van der Waals surface area (Å²) in [6.07, 6.45) is -1.24. The summed E-state index contributed by atoms with van der Waals surface area (Å²) in [5, 5.41) is 19.7. The fourth-order valence-electron chi connectivity index (χ4n) is 1.61. The average molecular weight is 290 g/mol. The Morgan fingerprint density at radius 1 is 1.41 bits per heavy atom. The Bertz CT molecular complexity index is 517. The summed E-state index contributed by atoms with van der Waals surface area (Å²) in [7, 11) is 0. The molecule has 1 heterocycles. The number of nitrogens with zero attached hydrogens (tertiary/aromatic N) is 1. The van der Waals surface area contributed by atoms with Crippen LogP contribution in [-0.4, -0.2) is 27.1 Å². The summed E-state index contributed by atoms with van der Waals surface area (Å²) >= 11 is 11.2. The fraction of sp³-hybridized carbons (Fsp3) is 0.364. The first-order chi connectivity index (χ1) is 8.11. The first-order valence-electron chi connectivity index (χ1n) is 5.15. The van der Waals surface area contributed by atoms with Gasteiger partial charge in [0.1, 0.15) is 6.10 Å². The molecule has 1 aromatic carbocycles. The quantitative estimate of drug-likeness (QED) is 0.759. The number of benzene rings is 1. The van der Waals surface area contributed by atoms with Gasteiger partial charge >= 0.3 is 0 Å². The van der Waals surface area contributed by atoms with Gasteiger partial charge < -0.3 is 10.2 Å². The molecule has 0 spiro atoms. The number of aliphatic hydroxyl groups excluding tert-OH is 2. The van der Waals surface area contributed by atoms with Crippen molar-refractivity contribution >= 4 is 45.8 Å². The number of rotatable bonds is 4. The summed E-state index contributed by atoms with van der Waals surface area (Å²) in [5.74, 6) is 0.535. The van der Waals surface area contributed by atoms with E-state index in [1.807, 2.05) is 6.07 Å². The molecule has 2 N–H and O–H groups in total. The smallest absolute Gasteiger partial charge is 0.184 e. The van der Waals surface area contributed by atoms with Gasteiger partial charge in [0.2, 0.25) is 0 Å². The average Bonchev–Trinajstić information content (AvgIpc) is 2.67. The van der Waals surface area contributed by atoms with Crippen molar-refractivity contribution in [2.75, 3.05) is 5.75 Å². The molecule has 0 aliphatic heterocycles. The zero-order valence-corrected chi connectivity index (χ0v) is 11.3. The molecule has 2 aromatic rings. The van der Waals surface area contributed by atoms with E-state index < -0.39 is 12.2 Å². The minimum absolute atomic E-state index is 0.450. The minimum Gasteiger partial charge on any atom is -0.390 e. The van der Waals surface area contributed by atoms with Crippen LogP contribution in [0.4, 0.5) is 0 Å². The predicted octanol–water partition coefficient (Wildman–Crippen LogP) is 2.66. The molecule has 92 valence electrons. The van der Waals surface area contributed by atoms with Crippen LogP contribution in [0.2, 0.25) is 4.47 Å². The number of hydrogen-bond acceptors (Lipinski definition) is 5. The maximum atomic E-state index is 9.95. The van der Waals surface area contributed by atoms with Crippen LogP contribution >= 0.6 is 35.6 Å². The number of halogens is 1. The van der Waals surface area contributed by atoms with E-state index in [9.17, 15) is 10.2 Å². The molecule has 3 nitrogen and oxygen atoms in total. The van der Waals surface area contributed by atoms with Crippen molar-refractivity contribution < 1.29 is 10.2 Å². The van der Waals surface area contributed by atoms with Crippen molar-refractivity contribution in [2.45, 2.75) is 18.6 Å². The van der Waals surface area contributed by atoms with E-state index in [1.165, 1.54) is 11.3 Å². The van der Waals surface area contributed by atoms with Crippen molar-refractivity contribution in [3.63, 3.8) is 0 Å². The maximum Gasteiger partial charge on any atom is 0.184 e.